The second-order valence-corrected chi connectivity index (χ2v) is 8.06. The van der Waals surface area contributed by atoms with Crippen molar-refractivity contribution in [1.29, 1.82) is 0 Å². The minimum Gasteiger partial charge on any atom is -0.338 e. The Hall–Kier alpha value is -1.93. The molecule has 2 heterocycles. The fourth-order valence-electron chi connectivity index (χ4n) is 2.42. The second kappa shape index (κ2) is 8.64. The van der Waals surface area contributed by atoms with Crippen LogP contribution in [0, 0.1) is 5.92 Å². The summed E-state index contributed by atoms with van der Waals surface area (Å²) in [6.45, 7) is 8.73. The molecule has 136 valence electrons. The quantitative estimate of drug-likeness (QED) is 0.376. The van der Waals surface area contributed by atoms with Crippen LogP contribution in [-0.2, 0) is 18.7 Å². The van der Waals surface area contributed by atoms with Crippen molar-refractivity contribution in [2.24, 2.45) is 5.92 Å². The van der Waals surface area contributed by atoms with Crippen LogP contribution in [0.1, 0.15) is 25.6 Å². The highest BCUT2D eigenvalue weighted by Gasteiger charge is 2.15. The van der Waals surface area contributed by atoms with Crippen LogP contribution >= 0.6 is 27.7 Å². The number of aromatic nitrogens is 5. The number of hydrogen-bond acceptors (Lipinski definition) is 6. The molecule has 0 aliphatic rings. The first-order valence-corrected chi connectivity index (χ1v) is 10.1. The standard InChI is InChI=1S/C18H20BrN5OS/c1-4-9-24-17(13-5-7-14(19)8-6-13)21-22-18(24)26-11-16-20-15(23-25-16)10-12(2)3/h4-8,12H,1,9-11H2,2-3H3. The molecule has 3 aromatic rings. The minimum atomic E-state index is 0.497. The molecular formula is C18H20BrN5OS. The third-order valence-electron chi connectivity index (χ3n) is 3.56. The highest BCUT2D eigenvalue weighted by Crippen LogP contribution is 2.27. The first kappa shape index (κ1) is 18.8. The van der Waals surface area contributed by atoms with E-state index < -0.39 is 0 Å². The van der Waals surface area contributed by atoms with Crippen LogP contribution in [-0.4, -0.2) is 24.9 Å². The zero-order valence-electron chi connectivity index (χ0n) is 14.7. The molecule has 0 saturated heterocycles. The maximum absolute atomic E-state index is 5.33. The molecule has 0 atom stereocenters. The number of hydrogen-bond donors (Lipinski definition) is 0. The van der Waals surface area contributed by atoms with Crippen molar-refractivity contribution >= 4 is 27.7 Å². The highest BCUT2D eigenvalue weighted by atomic mass is 79.9. The van der Waals surface area contributed by atoms with Gasteiger partial charge in [-0.15, -0.1) is 16.8 Å². The number of benzene rings is 1. The smallest absolute Gasteiger partial charge is 0.237 e. The summed E-state index contributed by atoms with van der Waals surface area (Å²) in [6.07, 6.45) is 2.65. The van der Waals surface area contributed by atoms with Gasteiger partial charge in [-0.2, -0.15) is 4.98 Å². The molecule has 0 aliphatic carbocycles. The molecule has 26 heavy (non-hydrogen) atoms. The maximum atomic E-state index is 5.33. The number of rotatable bonds is 8. The number of nitrogens with zero attached hydrogens (tertiary/aromatic N) is 5. The van der Waals surface area contributed by atoms with Crippen LogP contribution < -0.4 is 0 Å². The first-order valence-electron chi connectivity index (χ1n) is 8.31. The Balaban J connectivity index is 1.76. The first-order chi connectivity index (χ1) is 12.6. The van der Waals surface area contributed by atoms with Gasteiger partial charge in [-0.1, -0.05) is 64.9 Å². The van der Waals surface area contributed by atoms with Gasteiger partial charge in [-0.05, 0) is 18.1 Å². The Labute approximate surface area is 165 Å². The lowest BCUT2D eigenvalue weighted by atomic mass is 10.1. The molecule has 1 aromatic carbocycles. The van der Waals surface area contributed by atoms with E-state index in [1.165, 1.54) is 11.8 Å². The zero-order valence-corrected chi connectivity index (χ0v) is 17.1. The average Bonchev–Trinajstić information content (AvgIpc) is 3.21. The Morgan fingerprint density at radius 3 is 2.73 bits per heavy atom. The lowest BCUT2D eigenvalue weighted by molar-refractivity contribution is 0.382. The highest BCUT2D eigenvalue weighted by molar-refractivity contribution is 9.10. The zero-order chi connectivity index (χ0) is 18.5. The lowest BCUT2D eigenvalue weighted by Gasteiger charge is -2.07. The molecule has 0 aliphatic heterocycles. The molecule has 0 amide bonds. The van der Waals surface area contributed by atoms with Crippen molar-refractivity contribution in [3.63, 3.8) is 0 Å². The van der Waals surface area contributed by atoms with Crippen LogP contribution in [0.5, 0.6) is 0 Å². The SMILES string of the molecule is C=CCn1c(SCc2nc(CC(C)C)no2)nnc1-c1ccc(Br)cc1. The summed E-state index contributed by atoms with van der Waals surface area (Å²) in [5.74, 6) is 3.21. The summed E-state index contributed by atoms with van der Waals surface area (Å²) in [6, 6.07) is 8.00. The van der Waals surface area contributed by atoms with Gasteiger partial charge in [-0.3, -0.25) is 4.57 Å². The third kappa shape index (κ3) is 4.62. The van der Waals surface area contributed by atoms with Gasteiger partial charge in [0.1, 0.15) is 0 Å². The van der Waals surface area contributed by atoms with E-state index in [-0.39, 0.29) is 0 Å². The maximum Gasteiger partial charge on any atom is 0.237 e. The molecule has 0 N–H and O–H groups in total. The van der Waals surface area contributed by atoms with E-state index in [0.717, 1.165) is 33.3 Å². The van der Waals surface area contributed by atoms with Gasteiger partial charge >= 0.3 is 0 Å². The molecule has 0 unspecified atom stereocenters. The summed E-state index contributed by atoms with van der Waals surface area (Å²) in [5, 5.41) is 13.5. The predicted octanol–water partition coefficient (Wildman–Crippen LogP) is 4.77. The molecular weight excluding hydrogens is 414 g/mol. The molecule has 3 rings (SSSR count). The van der Waals surface area contributed by atoms with Crippen LogP contribution in [0.4, 0.5) is 0 Å². The van der Waals surface area contributed by atoms with Gasteiger partial charge in [0.2, 0.25) is 5.89 Å². The number of thioether (sulfide) groups is 1. The van der Waals surface area contributed by atoms with Crippen LogP contribution in [0.3, 0.4) is 0 Å². The second-order valence-electron chi connectivity index (χ2n) is 6.20. The minimum absolute atomic E-state index is 0.497. The Bertz CT molecular complexity index is 872. The summed E-state index contributed by atoms with van der Waals surface area (Å²) in [7, 11) is 0. The Morgan fingerprint density at radius 2 is 2.04 bits per heavy atom. The molecule has 0 spiro atoms. The van der Waals surface area contributed by atoms with E-state index in [0.29, 0.717) is 24.1 Å². The molecule has 2 aromatic heterocycles. The molecule has 0 saturated carbocycles. The predicted molar refractivity (Wildman–Crippen MR) is 106 cm³/mol. The average molecular weight is 434 g/mol. The van der Waals surface area contributed by atoms with Gasteiger partial charge in [0.05, 0.1) is 5.75 Å². The molecule has 0 fully saturated rings. The summed E-state index contributed by atoms with van der Waals surface area (Å²) in [5.41, 5.74) is 1.01. The van der Waals surface area contributed by atoms with Crippen LogP contribution in [0.15, 0.2) is 51.1 Å². The fraction of sp³-hybridized carbons (Fsp3) is 0.333. The normalized spacial score (nSPS) is 11.2. The van der Waals surface area contributed by atoms with E-state index in [2.05, 4.69) is 56.7 Å². The Kier molecular flexibility index (Phi) is 6.26. The summed E-state index contributed by atoms with van der Waals surface area (Å²) >= 11 is 4.98. The summed E-state index contributed by atoms with van der Waals surface area (Å²) in [4.78, 5) is 4.43. The van der Waals surface area contributed by atoms with Crippen molar-refractivity contribution in [3.05, 3.63) is 53.1 Å². The molecule has 0 radical (unpaired) electrons. The van der Waals surface area contributed by atoms with Crippen molar-refractivity contribution in [2.45, 2.75) is 37.7 Å². The lowest BCUT2D eigenvalue weighted by Crippen LogP contribution is -2.00. The topological polar surface area (TPSA) is 69.6 Å². The van der Waals surface area contributed by atoms with Gasteiger partial charge in [-0.25, -0.2) is 0 Å². The van der Waals surface area contributed by atoms with Gasteiger partial charge in [0.25, 0.3) is 0 Å². The van der Waals surface area contributed by atoms with E-state index in [1.54, 1.807) is 0 Å². The van der Waals surface area contributed by atoms with Crippen molar-refractivity contribution in [2.75, 3.05) is 0 Å². The van der Waals surface area contributed by atoms with E-state index in [9.17, 15) is 0 Å². The van der Waals surface area contributed by atoms with Crippen LogP contribution in [0.25, 0.3) is 11.4 Å². The van der Waals surface area contributed by atoms with Gasteiger partial charge in [0, 0.05) is 23.0 Å². The summed E-state index contributed by atoms with van der Waals surface area (Å²) < 4.78 is 8.39. The largest absolute Gasteiger partial charge is 0.338 e. The molecule has 6 nitrogen and oxygen atoms in total. The Morgan fingerprint density at radius 1 is 1.27 bits per heavy atom. The molecule has 8 heteroatoms. The number of allylic oxidation sites excluding steroid dienone is 1. The van der Waals surface area contributed by atoms with Gasteiger partial charge < -0.3 is 4.52 Å². The van der Waals surface area contributed by atoms with Gasteiger partial charge in [0.15, 0.2) is 16.8 Å². The third-order valence-corrected chi connectivity index (χ3v) is 5.04. The molecule has 0 bridgehead atoms. The van der Waals surface area contributed by atoms with Crippen molar-refractivity contribution in [1.82, 2.24) is 24.9 Å². The van der Waals surface area contributed by atoms with Crippen molar-refractivity contribution < 1.29 is 4.52 Å². The van der Waals surface area contributed by atoms with Crippen molar-refractivity contribution in [3.8, 4) is 11.4 Å². The van der Waals surface area contributed by atoms with E-state index in [4.69, 9.17) is 4.52 Å². The number of halogens is 1. The van der Waals surface area contributed by atoms with Crippen LogP contribution in [0.2, 0.25) is 0 Å². The monoisotopic (exact) mass is 433 g/mol. The fourth-order valence-corrected chi connectivity index (χ4v) is 3.47. The van der Waals surface area contributed by atoms with E-state index >= 15 is 0 Å². The van der Waals surface area contributed by atoms with E-state index in [1.807, 2.05) is 34.9 Å².